The minimum atomic E-state index is -0.401. The fourth-order valence-corrected chi connectivity index (χ4v) is 0.677. The molecule has 4 nitrogen and oxygen atoms in total. The van der Waals surface area contributed by atoms with E-state index in [2.05, 4.69) is 9.78 Å². The van der Waals surface area contributed by atoms with E-state index in [0.29, 0.717) is 12.8 Å². The summed E-state index contributed by atoms with van der Waals surface area (Å²) in [7, 11) is 0. The molecule has 1 heterocycles. The Morgan fingerprint density at radius 3 is 3.00 bits per heavy atom. The first-order valence-corrected chi connectivity index (χ1v) is 3.43. The van der Waals surface area contributed by atoms with Crippen LogP contribution in [-0.4, -0.2) is 19.4 Å². The van der Waals surface area contributed by atoms with Gasteiger partial charge in [0.2, 0.25) is 6.29 Å². The lowest BCUT2D eigenvalue weighted by molar-refractivity contribution is -0.266. The van der Waals surface area contributed by atoms with Crippen LogP contribution in [0.5, 0.6) is 0 Å². The lowest BCUT2D eigenvalue weighted by Gasteiger charge is -1.95. The van der Waals surface area contributed by atoms with Gasteiger partial charge in [-0.2, -0.15) is 4.89 Å². The highest BCUT2D eigenvalue weighted by molar-refractivity contribution is 5.49. The quantitative estimate of drug-likeness (QED) is 0.262. The fourth-order valence-electron chi connectivity index (χ4n) is 0.677. The molecule has 0 bridgehead atoms. The molecule has 0 aromatic carbocycles. The van der Waals surface area contributed by atoms with Crippen molar-refractivity contribution in [2.45, 2.75) is 19.1 Å². The van der Waals surface area contributed by atoms with Crippen molar-refractivity contribution in [3.05, 3.63) is 12.2 Å². The first-order chi connectivity index (χ1) is 5.43. The standard InChI is InChI=1S/C7H10O4/c8-5-3-1-2-4-7-9-6-10-11-7/h2,4-5,7H,1,3,6H2/b4-2-. The molecule has 0 radical (unpaired) electrons. The first kappa shape index (κ1) is 8.39. The molecule has 62 valence electrons. The summed E-state index contributed by atoms with van der Waals surface area (Å²) in [5.74, 6) is 0. The summed E-state index contributed by atoms with van der Waals surface area (Å²) in [4.78, 5) is 19.0. The molecule has 0 aromatic heterocycles. The second-order valence-corrected chi connectivity index (χ2v) is 2.04. The lowest BCUT2D eigenvalue weighted by Crippen LogP contribution is -2.01. The molecule has 1 aliphatic rings. The number of hydrogen-bond acceptors (Lipinski definition) is 4. The average molecular weight is 158 g/mol. The van der Waals surface area contributed by atoms with Crippen LogP contribution < -0.4 is 0 Å². The maximum atomic E-state index is 9.88. The number of allylic oxidation sites excluding steroid dienone is 1. The Labute approximate surface area is 64.7 Å². The summed E-state index contributed by atoms with van der Waals surface area (Å²) >= 11 is 0. The zero-order chi connectivity index (χ0) is 7.94. The first-order valence-electron chi connectivity index (χ1n) is 3.43. The van der Waals surface area contributed by atoms with Gasteiger partial charge in [-0.05, 0) is 12.5 Å². The van der Waals surface area contributed by atoms with E-state index in [9.17, 15) is 4.79 Å². The molecule has 1 unspecified atom stereocenters. The number of hydrogen-bond donors (Lipinski definition) is 0. The molecule has 4 heteroatoms. The van der Waals surface area contributed by atoms with Crippen molar-refractivity contribution in [3.8, 4) is 0 Å². The molecule has 1 aliphatic heterocycles. The van der Waals surface area contributed by atoms with Crippen LogP contribution in [0.1, 0.15) is 12.8 Å². The Kier molecular flexibility index (Phi) is 3.82. The average Bonchev–Trinajstić information content (AvgIpc) is 2.50. The van der Waals surface area contributed by atoms with Gasteiger partial charge in [-0.3, -0.25) is 0 Å². The van der Waals surface area contributed by atoms with Gasteiger partial charge < -0.3 is 9.53 Å². The van der Waals surface area contributed by atoms with Crippen molar-refractivity contribution in [3.63, 3.8) is 0 Å². The molecule has 0 aromatic rings. The monoisotopic (exact) mass is 158 g/mol. The van der Waals surface area contributed by atoms with Crippen molar-refractivity contribution in [2.75, 3.05) is 6.79 Å². The summed E-state index contributed by atoms with van der Waals surface area (Å²) in [6, 6.07) is 0. The molecule has 1 saturated heterocycles. The van der Waals surface area contributed by atoms with Crippen LogP contribution in [0, 0.1) is 0 Å². The largest absolute Gasteiger partial charge is 0.317 e. The van der Waals surface area contributed by atoms with Crippen LogP contribution >= 0.6 is 0 Å². The van der Waals surface area contributed by atoms with Crippen LogP contribution in [0.15, 0.2) is 12.2 Å². The van der Waals surface area contributed by atoms with Crippen LogP contribution in [0.2, 0.25) is 0 Å². The molecule has 0 saturated carbocycles. The highest BCUT2D eigenvalue weighted by atomic mass is 17.3. The van der Waals surface area contributed by atoms with E-state index in [0.717, 1.165) is 6.29 Å². The van der Waals surface area contributed by atoms with Crippen molar-refractivity contribution >= 4 is 6.29 Å². The van der Waals surface area contributed by atoms with E-state index < -0.39 is 6.29 Å². The number of aldehydes is 1. The van der Waals surface area contributed by atoms with Gasteiger partial charge in [0.1, 0.15) is 6.29 Å². The predicted molar refractivity (Wildman–Crippen MR) is 36.3 cm³/mol. The van der Waals surface area contributed by atoms with Gasteiger partial charge in [-0.25, -0.2) is 4.89 Å². The van der Waals surface area contributed by atoms with Crippen LogP contribution in [-0.2, 0) is 19.3 Å². The zero-order valence-corrected chi connectivity index (χ0v) is 6.06. The van der Waals surface area contributed by atoms with Gasteiger partial charge in [0, 0.05) is 6.42 Å². The Hall–Kier alpha value is -0.710. The van der Waals surface area contributed by atoms with Crippen molar-refractivity contribution in [2.24, 2.45) is 0 Å². The summed E-state index contributed by atoms with van der Waals surface area (Å²) < 4.78 is 4.91. The van der Waals surface area contributed by atoms with E-state index in [1.165, 1.54) is 0 Å². The van der Waals surface area contributed by atoms with Crippen molar-refractivity contribution in [1.82, 2.24) is 0 Å². The predicted octanol–water partition coefficient (Wildman–Crippen LogP) is 0.784. The van der Waals surface area contributed by atoms with E-state index in [1.807, 2.05) is 6.08 Å². The molecular weight excluding hydrogens is 148 g/mol. The van der Waals surface area contributed by atoms with Crippen LogP contribution in [0.3, 0.4) is 0 Å². The highest BCUT2D eigenvalue weighted by Gasteiger charge is 2.12. The lowest BCUT2D eigenvalue weighted by atomic mass is 10.3. The summed E-state index contributed by atoms with van der Waals surface area (Å²) in [5.41, 5.74) is 0. The molecule has 1 fully saturated rings. The molecule has 1 rings (SSSR count). The van der Waals surface area contributed by atoms with E-state index >= 15 is 0 Å². The number of rotatable bonds is 4. The molecule has 0 N–H and O–H groups in total. The van der Waals surface area contributed by atoms with E-state index in [1.54, 1.807) is 6.08 Å². The zero-order valence-electron chi connectivity index (χ0n) is 6.06. The maximum Gasteiger partial charge on any atom is 0.212 e. The molecule has 0 amide bonds. The molecule has 11 heavy (non-hydrogen) atoms. The third-order valence-corrected chi connectivity index (χ3v) is 1.19. The van der Waals surface area contributed by atoms with Crippen LogP contribution in [0.4, 0.5) is 0 Å². The molecule has 0 aliphatic carbocycles. The molecular formula is C7H10O4. The van der Waals surface area contributed by atoms with Gasteiger partial charge in [-0.15, -0.1) is 0 Å². The number of carbonyl (C=O) groups excluding carboxylic acids is 1. The van der Waals surface area contributed by atoms with Gasteiger partial charge >= 0.3 is 0 Å². The van der Waals surface area contributed by atoms with Crippen LogP contribution in [0.25, 0.3) is 0 Å². The summed E-state index contributed by atoms with van der Waals surface area (Å²) in [6.45, 7) is 0.169. The summed E-state index contributed by atoms with van der Waals surface area (Å²) in [6.07, 6.45) is 5.26. The number of unbranched alkanes of at least 4 members (excludes halogenated alkanes) is 1. The van der Waals surface area contributed by atoms with Gasteiger partial charge in [0.05, 0.1) is 0 Å². The number of ether oxygens (including phenoxy) is 1. The smallest absolute Gasteiger partial charge is 0.212 e. The topological polar surface area (TPSA) is 44.8 Å². The van der Waals surface area contributed by atoms with Gasteiger partial charge in [-0.1, -0.05) is 6.08 Å². The Balaban J connectivity index is 2.07. The van der Waals surface area contributed by atoms with Crippen molar-refractivity contribution < 1.29 is 19.3 Å². The second kappa shape index (κ2) is 5.01. The Morgan fingerprint density at radius 2 is 2.36 bits per heavy atom. The molecule has 0 spiro atoms. The third-order valence-electron chi connectivity index (χ3n) is 1.19. The minimum absolute atomic E-state index is 0.169. The van der Waals surface area contributed by atoms with Gasteiger partial charge in [0.25, 0.3) is 0 Å². The SMILES string of the molecule is O=CCC/C=C\C1OCOO1. The summed E-state index contributed by atoms with van der Waals surface area (Å²) in [5, 5.41) is 0. The van der Waals surface area contributed by atoms with Gasteiger partial charge in [0.15, 0.2) is 6.79 Å². The Bertz CT molecular complexity index is 137. The van der Waals surface area contributed by atoms with E-state index in [4.69, 9.17) is 4.74 Å². The highest BCUT2D eigenvalue weighted by Crippen LogP contribution is 2.06. The van der Waals surface area contributed by atoms with E-state index in [-0.39, 0.29) is 6.79 Å². The number of carbonyl (C=O) groups is 1. The fraction of sp³-hybridized carbons (Fsp3) is 0.571. The maximum absolute atomic E-state index is 9.88. The normalized spacial score (nSPS) is 24.5. The van der Waals surface area contributed by atoms with Crippen molar-refractivity contribution in [1.29, 1.82) is 0 Å². The second-order valence-electron chi connectivity index (χ2n) is 2.04. The minimum Gasteiger partial charge on any atom is -0.317 e. The third kappa shape index (κ3) is 3.27. The Morgan fingerprint density at radius 1 is 1.45 bits per heavy atom. The molecule has 1 atom stereocenters.